The van der Waals surface area contributed by atoms with Gasteiger partial charge >= 0.3 is 0 Å². The average Bonchev–Trinajstić information content (AvgIpc) is 2.89. The Morgan fingerprint density at radius 3 is 3.00 bits per heavy atom. The number of nitrogens with one attached hydrogen (secondary N) is 1. The lowest BCUT2D eigenvalue weighted by molar-refractivity contribution is 0.686. The van der Waals surface area contributed by atoms with Gasteiger partial charge in [-0.05, 0) is 42.8 Å². The van der Waals surface area contributed by atoms with E-state index in [4.69, 9.17) is 0 Å². The van der Waals surface area contributed by atoms with Crippen molar-refractivity contribution in [3.8, 4) is 0 Å². The first-order valence-corrected chi connectivity index (χ1v) is 7.84. The van der Waals surface area contributed by atoms with Crippen LogP contribution in [0.3, 0.4) is 0 Å². The predicted molar refractivity (Wildman–Crippen MR) is 80.5 cm³/mol. The molecule has 1 unspecified atom stereocenters. The van der Waals surface area contributed by atoms with Crippen molar-refractivity contribution in [3.63, 3.8) is 0 Å². The van der Waals surface area contributed by atoms with Crippen LogP contribution in [-0.2, 0) is 6.54 Å². The monoisotopic (exact) mass is 265 g/mol. The van der Waals surface area contributed by atoms with Crippen LogP contribution in [0, 0.1) is 6.92 Å². The number of pyridine rings is 1. The fourth-order valence-corrected chi connectivity index (χ4v) is 3.63. The number of thioether (sulfide) groups is 1. The summed E-state index contributed by atoms with van der Waals surface area (Å²) in [4.78, 5) is 7.01. The van der Waals surface area contributed by atoms with Gasteiger partial charge in [0.05, 0.1) is 0 Å². The lowest BCUT2D eigenvalue weighted by Gasteiger charge is -2.26. The molecule has 100 valence electrons. The Balaban J connectivity index is 2.08. The molecule has 0 spiro atoms. The lowest BCUT2D eigenvalue weighted by atomic mass is 10.1. The summed E-state index contributed by atoms with van der Waals surface area (Å²) in [7, 11) is 2.18. The fourth-order valence-electron chi connectivity index (χ4n) is 2.36. The maximum atomic E-state index is 4.65. The number of aryl methyl sites for hydroxylation is 1. The summed E-state index contributed by atoms with van der Waals surface area (Å²) >= 11 is 2.05. The summed E-state index contributed by atoms with van der Waals surface area (Å²) in [6, 6.07) is 2.91. The second-order valence-electron chi connectivity index (χ2n) is 4.89. The van der Waals surface area contributed by atoms with Crippen molar-refractivity contribution in [1.29, 1.82) is 0 Å². The quantitative estimate of drug-likeness (QED) is 0.885. The molecular formula is C14H23N3S. The SMILES string of the molecule is CCNCc1cnc(N(C)C2CCSC2)c(C)c1. The van der Waals surface area contributed by atoms with E-state index in [9.17, 15) is 0 Å². The van der Waals surface area contributed by atoms with E-state index in [2.05, 4.69) is 42.2 Å². The van der Waals surface area contributed by atoms with E-state index in [0.717, 1.165) is 18.9 Å². The van der Waals surface area contributed by atoms with Crippen LogP contribution in [-0.4, -0.2) is 36.1 Å². The fraction of sp³-hybridized carbons (Fsp3) is 0.643. The summed E-state index contributed by atoms with van der Waals surface area (Å²) in [5.74, 6) is 3.66. The summed E-state index contributed by atoms with van der Waals surface area (Å²) < 4.78 is 0. The number of aromatic nitrogens is 1. The van der Waals surface area contributed by atoms with Gasteiger partial charge in [0, 0.05) is 31.6 Å². The van der Waals surface area contributed by atoms with E-state index in [-0.39, 0.29) is 0 Å². The van der Waals surface area contributed by atoms with Crippen LogP contribution in [0.25, 0.3) is 0 Å². The van der Waals surface area contributed by atoms with Crippen LogP contribution < -0.4 is 10.2 Å². The predicted octanol–water partition coefficient (Wildman–Crippen LogP) is 2.44. The molecule has 0 aromatic carbocycles. The van der Waals surface area contributed by atoms with Crippen LogP contribution in [0.1, 0.15) is 24.5 Å². The highest BCUT2D eigenvalue weighted by Gasteiger charge is 2.22. The van der Waals surface area contributed by atoms with Crippen molar-refractivity contribution in [2.75, 3.05) is 30.0 Å². The van der Waals surface area contributed by atoms with Crippen molar-refractivity contribution in [1.82, 2.24) is 10.3 Å². The van der Waals surface area contributed by atoms with E-state index in [1.165, 1.54) is 29.1 Å². The number of hydrogen-bond donors (Lipinski definition) is 1. The van der Waals surface area contributed by atoms with Gasteiger partial charge in [0.1, 0.15) is 5.82 Å². The summed E-state index contributed by atoms with van der Waals surface area (Å²) in [5.41, 5.74) is 2.55. The Bertz CT molecular complexity index is 389. The summed E-state index contributed by atoms with van der Waals surface area (Å²) in [6.07, 6.45) is 3.28. The van der Waals surface area contributed by atoms with Crippen molar-refractivity contribution in [2.45, 2.75) is 32.9 Å². The Kier molecular flexibility index (Phi) is 4.89. The van der Waals surface area contributed by atoms with E-state index in [0.29, 0.717) is 6.04 Å². The minimum atomic E-state index is 0.654. The second kappa shape index (κ2) is 6.43. The first-order valence-electron chi connectivity index (χ1n) is 6.69. The Labute approximate surface area is 114 Å². The number of anilines is 1. The molecule has 0 bridgehead atoms. The van der Waals surface area contributed by atoms with Crippen LogP contribution in [0.15, 0.2) is 12.3 Å². The van der Waals surface area contributed by atoms with Crippen LogP contribution in [0.4, 0.5) is 5.82 Å². The van der Waals surface area contributed by atoms with Gasteiger partial charge in [-0.2, -0.15) is 11.8 Å². The molecule has 1 aromatic heterocycles. The largest absolute Gasteiger partial charge is 0.356 e. The zero-order valence-corrected chi connectivity index (χ0v) is 12.4. The van der Waals surface area contributed by atoms with E-state index < -0.39 is 0 Å². The number of hydrogen-bond acceptors (Lipinski definition) is 4. The normalized spacial score (nSPS) is 19.2. The molecule has 0 saturated carbocycles. The maximum Gasteiger partial charge on any atom is 0.131 e. The number of rotatable bonds is 5. The minimum Gasteiger partial charge on any atom is -0.356 e. The molecule has 2 rings (SSSR count). The molecule has 0 aliphatic carbocycles. The van der Waals surface area contributed by atoms with E-state index >= 15 is 0 Å². The highest BCUT2D eigenvalue weighted by molar-refractivity contribution is 7.99. The van der Waals surface area contributed by atoms with Gasteiger partial charge < -0.3 is 10.2 Å². The highest BCUT2D eigenvalue weighted by atomic mass is 32.2. The van der Waals surface area contributed by atoms with Gasteiger partial charge in [-0.3, -0.25) is 0 Å². The molecule has 1 N–H and O–H groups in total. The third kappa shape index (κ3) is 3.18. The maximum absolute atomic E-state index is 4.65. The van der Waals surface area contributed by atoms with Gasteiger partial charge in [0.2, 0.25) is 0 Å². The van der Waals surface area contributed by atoms with Crippen molar-refractivity contribution in [2.24, 2.45) is 0 Å². The first kappa shape index (κ1) is 13.7. The molecule has 2 heterocycles. The van der Waals surface area contributed by atoms with Gasteiger partial charge in [0.25, 0.3) is 0 Å². The molecule has 3 nitrogen and oxygen atoms in total. The lowest BCUT2D eigenvalue weighted by Crippen LogP contribution is -2.32. The minimum absolute atomic E-state index is 0.654. The molecular weight excluding hydrogens is 242 g/mol. The summed E-state index contributed by atoms with van der Waals surface area (Å²) in [5, 5.41) is 3.34. The van der Waals surface area contributed by atoms with Crippen molar-refractivity contribution in [3.05, 3.63) is 23.4 Å². The molecule has 1 aliphatic heterocycles. The van der Waals surface area contributed by atoms with Gasteiger partial charge in [-0.25, -0.2) is 4.98 Å². The average molecular weight is 265 g/mol. The molecule has 1 aliphatic rings. The van der Waals surface area contributed by atoms with E-state index in [1.54, 1.807) is 0 Å². The topological polar surface area (TPSA) is 28.2 Å². The zero-order valence-electron chi connectivity index (χ0n) is 11.6. The molecule has 0 amide bonds. The first-order chi connectivity index (χ1) is 8.72. The molecule has 18 heavy (non-hydrogen) atoms. The Morgan fingerprint density at radius 1 is 1.56 bits per heavy atom. The molecule has 1 fully saturated rings. The zero-order chi connectivity index (χ0) is 13.0. The molecule has 4 heteroatoms. The van der Waals surface area contributed by atoms with E-state index in [1.807, 2.05) is 18.0 Å². The van der Waals surface area contributed by atoms with Crippen LogP contribution in [0.5, 0.6) is 0 Å². The molecule has 0 radical (unpaired) electrons. The number of nitrogens with zero attached hydrogens (tertiary/aromatic N) is 2. The standard InChI is InChI=1S/C14H23N3S/c1-4-15-8-12-7-11(2)14(16-9-12)17(3)13-5-6-18-10-13/h7,9,13,15H,4-6,8,10H2,1-3H3. The van der Waals surface area contributed by atoms with Gasteiger partial charge in [-0.1, -0.05) is 6.92 Å². The molecule has 1 atom stereocenters. The molecule has 1 aromatic rings. The van der Waals surface area contributed by atoms with Crippen molar-refractivity contribution >= 4 is 17.6 Å². The van der Waals surface area contributed by atoms with Crippen molar-refractivity contribution < 1.29 is 0 Å². The highest BCUT2D eigenvalue weighted by Crippen LogP contribution is 2.26. The smallest absolute Gasteiger partial charge is 0.131 e. The summed E-state index contributed by atoms with van der Waals surface area (Å²) in [6.45, 7) is 6.20. The third-order valence-corrected chi connectivity index (χ3v) is 4.62. The van der Waals surface area contributed by atoms with Crippen LogP contribution in [0.2, 0.25) is 0 Å². The van der Waals surface area contributed by atoms with Crippen LogP contribution >= 0.6 is 11.8 Å². The van der Waals surface area contributed by atoms with Gasteiger partial charge in [0.15, 0.2) is 0 Å². The van der Waals surface area contributed by atoms with Gasteiger partial charge in [-0.15, -0.1) is 0 Å². The third-order valence-electron chi connectivity index (χ3n) is 3.47. The Hall–Kier alpha value is -0.740. The molecule has 1 saturated heterocycles. The second-order valence-corrected chi connectivity index (χ2v) is 6.04. The Morgan fingerprint density at radius 2 is 2.39 bits per heavy atom.